The van der Waals surface area contributed by atoms with Crippen molar-refractivity contribution in [3.63, 3.8) is 0 Å². The van der Waals surface area contributed by atoms with E-state index in [0.717, 1.165) is 6.07 Å². The lowest BCUT2D eigenvalue weighted by atomic mass is 10.0. The van der Waals surface area contributed by atoms with Gasteiger partial charge in [0.2, 0.25) is 0 Å². The van der Waals surface area contributed by atoms with Gasteiger partial charge in [-0.1, -0.05) is 0 Å². The number of ketones is 1. The van der Waals surface area contributed by atoms with Crippen LogP contribution < -0.4 is 4.74 Å². The Hall–Kier alpha value is -1.91. The highest BCUT2D eigenvalue weighted by atomic mass is 19.1. The van der Waals surface area contributed by atoms with Crippen LogP contribution in [-0.4, -0.2) is 24.0 Å². The zero-order valence-corrected chi connectivity index (χ0v) is 8.20. The fraction of sp³-hybridized carbons (Fsp3) is 0.200. The number of Topliss-reactive ketones (excluding diaryl/α,β-unsaturated/α-hetero) is 1. The highest BCUT2D eigenvalue weighted by Gasteiger charge is 2.23. The molecule has 0 fully saturated rings. The molecule has 15 heavy (non-hydrogen) atoms. The highest BCUT2D eigenvalue weighted by molar-refractivity contribution is 6.40. The molecule has 80 valence electrons. The third-order valence-electron chi connectivity index (χ3n) is 2.01. The molecule has 1 aromatic rings. The summed E-state index contributed by atoms with van der Waals surface area (Å²) in [6.07, 6.45) is 0. The van der Waals surface area contributed by atoms with Gasteiger partial charge in [0.05, 0.1) is 12.7 Å². The predicted octanol–water partition coefficient (Wildman–Crippen LogP) is 1.41. The second kappa shape index (κ2) is 4.08. The zero-order valence-electron chi connectivity index (χ0n) is 8.20. The molecule has 4 nitrogen and oxygen atoms in total. The number of carboxylic acids is 1. The maximum absolute atomic E-state index is 13.2. The van der Waals surface area contributed by atoms with Crippen LogP contribution in [0.3, 0.4) is 0 Å². The SMILES string of the molecule is COc1ccc(F)c(C(=O)C(=O)O)c1C. The maximum Gasteiger partial charge on any atom is 0.377 e. The van der Waals surface area contributed by atoms with Crippen molar-refractivity contribution in [3.05, 3.63) is 29.1 Å². The second-order valence-corrected chi connectivity index (χ2v) is 2.88. The Balaban J connectivity index is 3.39. The average molecular weight is 212 g/mol. The normalized spacial score (nSPS) is 9.80. The van der Waals surface area contributed by atoms with Crippen LogP contribution >= 0.6 is 0 Å². The van der Waals surface area contributed by atoms with Crippen molar-refractivity contribution in [2.75, 3.05) is 7.11 Å². The first-order chi connectivity index (χ1) is 6.99. The van der Waals surface area contributed by atoms with Gasteiger partial charge in [0.15, 0.2) is 0 Å². The summed E-state index contributed by atoms with van der Waals surface area (Å²) in [5, 5.41) is 8.49. The quantitative estimate of drug-likeness (QED) is 0.607. The molecule has 0 aliphatic heterocycles. The van der Waals surface area contributed by atoms with Crippen molar-refractivity contribution < 1.29 is 23.8 Å². The van der Waals surface area contributed by atoms with Gasteiger partial charge in [-0.3, -0.25) is 4.79 Å². The number of ether oxygens (including phenoxy) is 1. The van der Waals surface area contributed by atoms with Gasteiger partial charge in [0.25, 0.3) is 5.78 Å². The molecule has 0 atom stereocenters. The molecule has 0 unspecified atom stereocenters. The molecule has 5 heteroatoms. The summed E-state index contributed by atoms with van der Waals surface area (Å²) in [6, 6.07) is 2.34. The molecule has 1 N–H and O–H groups in total. The van der Waals surface area contributed by atoms with Crippen LogP contribution in [0, 0.1) is 12.7 Å². The average Bonchev–Trinajstić information content (AvgIpc) is 2.17. The molecule has 1 aromatic carbocycles. The van der Waals surface area contributed by atoms with E-state index in [1.807, 2.05) is 0 Å². The van der Waals surface area contributed by atoms with Crippen LogP contribution in [-0.2, 0) is 4.79 Å². The number of hydrogen-bond donors (Lipinski definition) is 1. The van der Waals surface area contributed by atoms with E-state index in [1.54, 1.807) is 0 Å². The summed E-state index contributed by atoms with van der Waals surface area (Å²) in [5.41, 5.74) is -0.272. The van der Waals surface area contributed by atoms with E-state index in [-0.39, 0.29) is 11.3 Å². The van der Waals surface area contributed by atoms with Crippen molar-refractivity contribution in [2.24, 2.45) is 0 Å². The van der Waals surface area contributed by atoms with Crippen molar-refractivity contribution >= 4 is 11.8 Å². The molecule has 0 radical (unpaired) electrons. The first-order valence-corrected chi connectivity index (χ1v) is 4.09. The van der Waals surface area contributed by atoms with E-state index >= 15 is 0 Å². The van der Waals surface area contributed by atoms with Crippen LogP contribution in [0.2, 0.25) is 0 Å². The largest absolute Gasteiger partial charge is 0.496 e. The molecule has 0 aliphatic rings. The van der Waals surface area contributed by atoms with Gasteiger partial charge >= 0.3 is 5.97 Å². The number of carbonyl (C=O) groups excluding carboxylic acids is 1. The van der Waals surface area contributed by atoms with E-state index in [0.29, 0.717) is 0 Å². The van der Waals surface area contributed by atoms with E-state index in [9.17, 15) is 14.0 Å². The summed E-state index contributed by atoms with van der Waals surface area (Å²) >= 11 is 0. The summed E-state index contributed by atoms with van der Waals surface area (Å²) in [7, 11) is 1.36. The first kappa shape index (κ1) is 11.2. The van der Waals surface area contributed by atoms with Gasteiger partial charge in [-0.25, -0.2) is 9.18 Å². The third kappa shape index (κ3) is 1.96. The second-order valence-electron chi connectivity index (χ2n) is 2.88. The van der Waals surface area contributed by atoms with E-state index in [4.69, 9.17) is 9.84 Å². The van der Waals surface area contributed by atoms with Crippen molar-refractivity contribution in [1.82, 2.24) is 0 Å². The molecular weight excluding hydrogens is 203 g/mol. The van der Waals surface area contributed by atoms with Gasteiger partial charge < -0.3 is 9.84 Å². The summed E-state index contributed by atoms with van der Waals surface area (Å²) in [5.74, 6) is -3.55. The summed E-state index contributed by atoms with van der Waals surface area (Å²) < 4.78 is 18.1. The van der Waals surface area contributed by atoms with Crippen LogP contribution in [0.25, 0.3) is 0 Å². The molecule has 0 aliphatic carbocycles. The maximum atomic E-state index is 13.2. The standard InChI is InChI=1S/C10H9FO4/c1-5-7(15-2)4-3-6(11)8(5)9(12)10(13)14/h3-4H,1-2H3,(H,13,14). The minimum Gasteiger partial charge on any atom is -0.496 e. The number of rotatable bonds is 3. The number of carboxylic acid groups (broad SMARTS) is 1. The van der Waals surface area contributed by atoms with Gasteiger partial charge in [-0.2, -0.15) is 0 Å². The lowest BCUT2D eigenvalue weighted by molar-refractivity contribution is -0.131. The lowest BCUT2D eigenvalue weighted by Crippen LogP contribution is -2.16. The third-order valence-corrected chi connectivity index (χ3v) is 2.01. The van der Waals surface area contributed by atoms with Gasteiger partial charge in [0.1, 0.15) is 11.6 Å². The fourth-order valence-corrected chi connectivity index (χ4v) is 1.27. The Morgan fingerprint density at radius 1 is 1.40 bits per heavy atom. The molecule has 0 amide bonds. The zero-order chi connectivity index (χ0) is 11.6. The van der Waals surface area contributed by atoms with Crippen LogP contribution in [0.5, 0.6) is 5.75 Å². The molecule has 0 bridgehead atoms. The number of halogens is 1. The van der Waals surface area contributed by atoms with Crippen molar-refractivity contribution in [3.8, 4) is 5.75 Å². The fourth-order valence-electron chi connectivity index (χ4n) is 1.27. The molecule has 0 heterocycles. The number of aliphatic carboxylic acids is 1. The molecule has 0 saturated carbocycles. The van der Waals surface area contributed by atoms with E-state index in [1.165, 1.54) is 20.1 Å². The Morgan fingerprint density at radius 3 is 2.47 bits per heavy atom. The van der Waals surface area contributed by atoms with Gasteiger partial charge in [0, 0.05) is 5.56 Å². The van der Waals surface area contributed by atoms with Gasteiger partial charge in [-0.15, -0.1) is 0 Å². The minimum absolute atomic E-state index is 0.185. The monoisotopic (exact) mass is 212 g/mol. The molecule has 0 saturated heterocycles. The number of hydrogen-bond acceptors (Lipinski definition) is 3. The number of benzene rings is 1. The van der Waals surface area contributed by atoms with E-state index in [2.05, 4.69) is 0 Å². The number of methoxy groups -OCH3 is 1. The molecular formula is C10H9FO4. The Morgan fingerprint density at radius 2 is 2.00 bits per heavy atom. The van der Waals surface area contributed by atoms with Crippen LogP contribution in [0.1, 0.15) is 15.9 Å². The Kier molecular flexibility index (Phi) is 3.04. The molecule has 1 rings (SSSR count). The number of carbonyl (C=O) groups is 2. The lowest BCUT2D eigenvalue weighted by Gasteiger charge is -2.08. The Bertz CT molecular complexity index is 426. The van der Waals surface area contributed by atoms with Gasteiger partial charge in [-0.05, 0) is 19.1 Å². The summed E-state index contributed by atoms with van der Waals surface area (Å²) in [6.45, 7) is 1.43. The van der Waals surface area contributed by atoms with Crippen molar-refractivity contribution in [2.45, 2.75) is 6.92 Å². The topological polar surface area (TPSA) is 63.6 Å². The highest BCUT2D eigenvalue weighted by Crippen LogP contribution is 2.24. The smallest absolute Gasteiger partial charge is 0.377 e. The molecule has 0 aromatic heterocycles. The van der Waals surface area contributed by atoms with Crippen LogP contribution in [0.4, 0.5) is 4.39 Å². The summed E-state index contributed by atoms with van der Waals surface area (Å²) in [4.78, 5) is 21.6. The first-order valence-electron chi connectivity index (χ1n) is 4.09. The predicted molar refractivity (Wildman–Crippen MR) is 49.7 cm³/mol. The van der Waals surface area contributed by atoms with Crippen molar-refractivity contribution in [1.29, 1.82) is 0 Å². The minimum atomic E-state index is -1.69. The van der Waals surface area contributed by atoms with Crippen LogP contribution in [0.15, 0.2) is 12.1 Å². The van der Waals surface area contributed by atoms with E-state index < -0.39 is 23.1 Å². The Labute approximate surface area is 85.3 Å². The molecule has 0 spiro atoms.